The van der Waals surface area contributed by atoms with Crippen molar-refractivity contribution in [2.75, 3.05) is 23.0 Å². The molecule has 0 spiro atoms. The van der Waals surface area contributed by atoms with Crippen LogP contribution in [-0.4, -0.2) is 34.8 Å². The number of aromatic nitrogens is 2. The molecule has 142 valence electrons. The highest BCUT2D eigenvalue weighted by atomic mass is 32.2. The van der Waals surface area contributed by atoms with Gasteiger partial charge < -0.3 is 9.32 Å². The summed E-state index contributed by atoms with van der Waals surface area (Å²) in [7, 11) is 0. The molecule has 1 aliphatic rings. The number of anilines is 2. The van der Waals surface area contributed by atoms with Gasteiger partial charge in [0.2, 0.25) is 11.8 Å². The molecule has 7 nitrogen and oxygen atoms in total. The van der Waals surface area contributed by atoms with Crippen LogP contribution in [0.5, 0.6) is 0 Å². The van der Waals surface area contributed by atoms with Gasteiger partial charge >= 0.3 is 6.01 Å². The molecule has 1 atom stereocenters. The van der Waals surface area contributed by atoms with Crippen LogP contribution in [0.25, 0.3) is 0 Å². The van der Waals surface area contributed by atoms with E-state index in [1.165, 1.54) is 11.8 Å². The van der Waals surface area contributed by atoms with Crippen LogP contribution in [0.1, 0.15) is 28.6 Å². The molecule has 1 aromatic heterocycles. The molecule has 1 saturated heterocycles. The Labute approximate surface area is 166 Å². The molecular formula is C20H18N4O3S. The van der Waals surface area contributed by atoms with Gasteiger partial charge in [-0.3, -0.25) is 14.9 Å². The Morgan fingerprint density at radius 3 is 2.68 bits per heavy atom. The Hall–Kier alpha value is -3.13. The lowest BCUT2D eigenvalue weighted by atomic mass is 10.1. The number of carbonyl (C=O) groups is 2. The minimum Gasteiger partial charge on any atom is -0.407 e. The SMILES string of the molecule is CSc1ccccc1C(=O)Nc1nnc(C2CC(=O)N(c3ccccc3)C2)o1. The van der Waals surface area contributed by atoms with E-state index in [0.717, 1.165) is 10.6 Å². The van der Waals surface area contributed by atoms with Crippen LogP contribution in [-0.2, 0) is 4.79 Å². The van der Waals surface area contributed by atoms with Crippen molar-refractivity contribution in [1.82, 2.24) is 10.2 Å². The van der Waals surface area contributed by atoms with Gasteiger partial charge in [0.05, 0.1) is 11.5 Å². The first-order valence-electron chi connectivity index (χ1n) is 8.79. The Kier molecular flexibility index (Phi) is 5.12. The summed E-state index contributed by atoms with van der Waals surface area (Å²) in [5, 5.41) is 10.6. The second-order valence-corrected chi connectivity index (χ2v) is 7.19. The predicted molar refractivity (Wildman–Crippen MR) is 107 cm³/mol. The third kappa shape index (κ3) is 3.63. The maximum Gasteiger partial charge on any atom is 0.322 e. The minimum absolute atomic E-state index is 0.00823. The first kappa shape index (κ1) is 18.2. The molecule has 8 heteroatoms. The van der Waals surface area contributed by atoms with Gasteiger partial charge in [0, 0.05) is 23.5 Å². The molecule has 2 heterocycles. The average molecular weight is 394 g/mol. The van der Waals surface area contributed by atoms with E-state index in [2.05, 4.69) is 15.5 Å². The van der Waals surface area contributed by atoms with Crippen LogP contribution >= 0.6 is 11.8 Å². The highest BCUT2D eigenvalue weighted by Crippen LogP contribution is 2.31. The molecule has 0 saturated carbocycles. The fourth-order valence-corrected chi connectivity index (χ4v) is 3.77. The van der Waals surface area contributed by atoms with Crippen LogP contribution in [0.3, 0.4) is 0 Å². The molecule has 1 fully saturated rings. The van der Waals surface area contributed by atoms with Gasteiger partial charge in [-0.15, -0.1) is 16.9 Å². The summed E-state index contributed by atoms with van der Waals surface area (Å²) in [6, 6.07) is 16.8. The summed E-state index contributed by atoms with van der Waals surface area (Å²) in [6.07, 6.45) is 2.20. The van der Waals surface area contributed by atoms with Crippen LogP contribution in [0.2, 0.25) is 0 Å². The van der Waals surface area contributed by atoms with Crippen molar-refractivity contribution in [3.63, 3.8) is 0 Å². The number of hydrogen-bond acceptors (Lipinski definition) is 6. The van der Waals surface area contributed by atoms with Crippen LogP contribution in [0.4, 0.5) is 11.7 Å². The van der Waals surface area contributed by atoms with Gasteiger partial charge in [-0.25, -0.2) is 0 Å². The van der Waals surface area contributed by atoms with E-state index >= 15 is 0 Å². The maximum atomic E-state index is 12.5. The smallest absolute Gasteiger partial charge is 0.322 e. The number of benzene rings is 2. The zero-order chi connectivity index (χ0) is 19.5. The first-order valence-corrected chi connectivity index (χ1v) is 10.0. The second-order valence-electron chi connectivity index (χ2n) is 6.34. The Bertz CT molecular complexity index is 1010. The average Bonchev–Trinajstić information content (AvgIpc) is 3.35. The fourth-order valence-electron chi connectivity index (χ4n) is 3.18. The lowest BCUT2D eigenvalue weighted by Crippen LogP contribution is -2.24. The quantitative estimate of drug-likeness (QED) is 0.666. The number of rotatable bonds is 5. The zero-order valence-electron chi connectivity index (χ0n) is 15.2. The topological polar surface area (TPSA) is 88.3 Å². The number of nitrogens with zero attached hydrogens (tertiary/aromatic N) is 3. The lowest BCUT2D eigenvalue weighted by Gasteiger charge is -2.15. The molecule has 2 amide bonds. The molecule has 4 rings (SSSR count). The molecule has 3 aromatic rings. The maximum absolute atomic E-state index is 12.5. The number of amides is 2. The summed E-state index contributed by atoms with van der Waals surface area (Å²) >= 11 is 1.49. The van der Waals surface area contributed by atoms with Gasteiger partial charge in [0.1, 0.15) is 0 Å². The van der Waals surface area contributed by atoms with Crippen LogP contribution < -0.4 is 10.2 Å². The summed E-state index contributed by atoms with van der Waals surface area (Å²) in [5.74, 6) is -0.160. The number of thioether (sulfide) groups is 1. The van der Waals surface area contributed by atoms with E-state index in [0.29, 0.717) is 24.4 Å². The third-order valence-electron chi connectivity index (χ3n) is 4.55. The van der Waals surface area contributed by atoms with Crippen molar-refractivity contribution < 1.29 is 14.0 Å². The summed E-state index contributed by atoms with van der Waals surface area (Å²) in [6.45, 7) is 0.466. The Morgan fingerprint density at radius 1 is 1.14 bits per heavy atom. The highest BCUT2D eigenvalue weighted by Gasteiger charge is 2.35. The number of nitrogens with one attached hydrogen (secondary N) is 1. The normalized spacial score (nSPS) is 16.4. The predicted octanol–water partition coefficient (Wildman–Crippen LogP) is 3.56. The van der Waals surface area contributed by atoms with Gasteiger partial charge in [-0.05, 0) is 30.5 Å². The molecule has 0 aliphatic carbocycles. The molecule has 0 bridgehead atoms. The van der Waals surface area contributed by atoms with Crippen LogP contribution in [0, 0.1) is 0 Å². The van der Waals surface area contributed by atoms with Gasteiger partial charge in [-0.2, -0.15) is 0 Å². The highest BCUT2D eigenvalue weighted by molar-refractivity contribution is 7.98. The molecule has 1 N–H and O–H groups in total. The standard InChI is InChI=1S/C20H18N4O3S/c1-28-16-10-6-5-9-15(16)18(26)21-20-23-22-19(27-20)13-11-17(25)24(12-13)14-7-3-2-4-8-14/h2-10,13H,11-12H2,1H3,(H,21,23,26). The first-order chi connectivity index (χ1) is 13.7. The van der Waals surface area contributed by atoms with E-state index in [9.17, 15) is 9.59 Å². The largest absolute Gasteiger partial charge is 0.407 e. The summed E-state index contributed by atoms with van der Waals surface area (Å²) < 4.78 is 5.63. The Morgan fingerprint density at radius 2 is 1.89 bits per heavy atom. The van der Waals surface area contributed by atoms with Gasteiger partial charge in [0.25, 0.3) is 5.91 Å². The van der Waals surface area contributed by atoms with Crippen molar-refractivity contribution in [1.29, 1.82) is 0 Å². The number of para-hydroxylation sites is 1. The monoisotopic (exact) mass is 394 g/mol. The lowest BCUT2D eigenvalue weighted by molar-refractivity contribution is -0.117. The van der Waals surface area contributed by atoms with Crippen molar-refractivity contribution in [3.05, 3.63) is 66.1 Å². The van der Waals surface area contributed by atoms with E-state index in [1.54, 1.807) is 17.0 Å². The zero-order valence-corrected chi connectivity index (χ0v) is 16.0. The van der Waals surface area contributed by atoms with Crippen molar-refractivity contribution in [2.45, 2.75) is 17.2 Å². The summed E-state index contributed by atoms with van der Waals surface area (Å²) in [4.78, 5) is 27.4. The third-order valence-corrected chi connectivity index (χ3v) is 5.35. The summed E-state index contributed by atoms with van der Waals surface area (Å²) in [5.41, 5.74) is 1.39. The fraction of sp³-hybridized carbons (Fsp3) is 0.200. The molecule has 28 heavy (non-hydrogen) atoms. The van der Waals surface area contributed by atoms with E-state index in [1.807, 2.05) is 48.7 Å². The van der Waals surface area contributed by atoms with Crippen molar-refractivity contribution in [2.24, 2.45) is 0 Å². The number of hydrogen-bond donors (Lipinski definition) is 1. The number of carbonyl (C=O) groups excluding carboxylic acids is 2. The van der Waals surface area contributed by atoms with Crippen LogP contribution in [0.15, 0.2) is 63.9 Å². The van der Waals surface area contributed by atoms with E-state index in [-0.39, 0.29) is 23.7 Å². The molecule has 2 aromatic carbocycles. The molecular weight excluding hydrogens is 376 g/mol. The van der Waals surface area contributed by atoms with Crippen molar-refractivity contribution in [3.8, 4) is 0 Å². The molecule has 1 aliphatic heterocycles. The Balaban J connectivity index is 1.46. The van der Waals surface area contributed by atoms with E-state index < -0.39 is 0 Å². The van der Waals surface area contributed by atoms with Gasteiger partial charge in [-0.1, -0.05) is 35.4 Å². The second kappa shape index (κ2) is 7.85. The van der Waals surface area contributed by atoms with Gasteiger partial charge in [0.15, 0.2) is 0 Å². The molecule has 0 radical (unpaired) electrons. The molecule has 1 unspecified atom stereocenters. The van der Waals surface area contributed by atoms with E-state index in [4.69, 9.17) is 4.42 Å². The minimum atomic E-state index is -0.312. The van der Waals surface area contributed by atoms with Crippen molar-refractivity contribution >= 4 is 35.3 Å².